The van der Waals surface area contributed by atoms with Crippen LogP contribution in [0.3, 0.4) is 0 Å². The molecule has 1 fully saturated rings. The molecule has 1 aromatic heterocycles. The van der Waals surface area contributed by atoms with E-state index < -0.39 is 5.97 Å². The van der Waals surface area contributed by atoms with Gasteiger partial charge >= 0.3 is 5.97 Å². The van der Waals surface area contributed by atoms with E-state index >= 15 is 0 Å². The van der Waals surface area contributed by atoms with Gasteiger partial charge in [0.1, 0.15) is 5.82 Å². The van der Waals surface area contributed by atoms with Crippen LogP contribution in [-0.2, 0) is 24.7 Å². The summed E-state index contributed by atoms with van der Waals surface area (Å²) in [6.07, 6.45) is 10.8. The maximum atomic E-state index is 10.7. The monoisotopic (exact) mass is 250 g/mol. The van der Waals surface area contributed by atoms with Crippen molar-refractivity contribution in [1.82, 2.24) is 9.55 Å². The number of hydrogen-bond donors (Lipinski definition) is 1. The lowest BCUT2D eigenvalue weighted by atomic mass is 9.86. The lowest BCUT2D eigenvalue weighted by Crippen LogP contribution is -2.10. The van der Waals surface area contributed by atoms with Crippen molar-refractivity contribution in [3.8, 4) is 0 Å². The van der Waals surface area contributed by atoms with E-state index in [2.05, 4.69) is 4.98 Å². The fourth-order valence-electron chi connectivity index (χ4n) is 2.85. The molecule has 4 nitrogen and oxygen atoms in total. The summed E-state index contributed by atoms with van der Waals surface area (Å²) in [6.45, 7) is 0. The standard InChI is InChI=1S/C14H22N2O2/c1-16-12(9-14(17)18)10-15-13(16)8-7-11-5-3-2-4-6-11/h10-11H,2-9H2,1H3,(H,17,18). The number of carbonyl (C=O) groups is 1. The summed E-state index contributed by atoms with van der Waals surface area (Å²) in [6, 6.07) is 0. The molecule has 0 aliphatic heterocycles. The number of carboxylic acids is 1. The second kappa shape index (κ2) is 6.03. The first-order valence-corrected chi connectivity index (χ1v) is 6.88. The fraction of sp³-hybridized carbons (Fsp3) is 0.714. The third-order valence-corrected chi connectivity index (χ3v) is 4.01. The molecule has 4 heteroatoms. The Kier molecular flexibility index (Phi) is 4.39. The van der Waals surface area contributed by atoms with Gasteiger partial charge in [-0.2, -0.15) is 0 Å². The van der Waals surface area contributed by atoms with E-state index in [1.807, 2.05) is 11.6 Å². The summed E-state index contributed by atoms with van der Waals surface area (Å²) in [5.74, 6) is 1.08. The molecule has 1 aliphatic rings. The Labute approximate surface area is 108 Å². The minimum absolute atomic E-state index is 0.0624. The number of rotatable bonds is 5. The number of nitrogens with zero attached hydrogens (tertiary/aromatic N) is 2. The zero-order valence-corrected chi connectivity index (χ0v) is 11.1. The largest absolute Gasteiger partial charge is 0.481 e. The topological polar surface area (TPSA) is 55.1 Å². The second-order valence-electron chi connectivity index (χ2n) is 5.34. The highest BCUT2D eigenvalue weighted by Gasteiger charge is 2.15. The Morgan fingerprint density at radius 2 is 2.17 bits per heavy atom. The number of imidazole rings is 1. The summed E-state index contributed by atoms with van der Waals surface area (Å²) in [5.41, 5.74) is 0.793. The van der Waals surface area contributed by atoms with Gasteiger partial charge in [0, 0.05) is 25.4 Å². The zero-order chi connectivity index (χ0) is 13.0. The summed E-state index contributed by atoms with van der Waals surface area (Å²) in [7, 11) is 1.92. The van der Waals surface area contributed by atoms with Crippen LogP contribution in [0.2, 0.25) is 0 Å². The van der Waals surface area contributed by atoms with Crippen LogP contribution in [0.25, 0.3) is 0 Å². The van der Waals surface area contributed by atoms with Crippen LogP contribution in [0.1, 0.15) is 50.0 Å². The van der Waals surface area contributed by atoms with Crippen LogP contribution in [-0.4, -0.2) is 20.6 Å². The van der Waals surface area contributed by atoms with Crippen molar-refractivity contribution in [3.05, 3.63) is 17.7 Å². The lowest BCUT2D eigenvalue weighted by Gasteiger charge is -2.21. The van der Waals surface area contributed by atoms with Gasteiger partial charge in [-0.05, 0) is 12.3 Å². The first-order valence-electron chi connectivity index (χ1n) is 6.88. The van der Waals surface area contributed by atoms with Gasteiger partial charge in [0.05, 0.1) is 6.42 Å². The summed E-state index contributed by atoms with van der Waals surface area (Å²) < 4.78 is 1.94. The Balaban J connectivity index is 1.89. The van der Waals surface area contributed by atoms with Crippen LogP contribution in [0, 0.1) is 5.92 Å². The van der Waals surface area contributed by atoms with E-state index in [0.29, 0.717) is 0 Å². The van der Waals surface area contributed by atoms with E-state index in [4.69, 9.17) is 5.11 Å². The lowest BCUT2D eigenvalue weighted by molar-refractivity contribution is -0.136. The van der Waals surface area contributed by atoms with Gasteiger partial charge in [-0.25, -0.2) is 4.98 Å². The van der Waals surface area contributed by atoms with Gasteiger partial charge in [-0.3, -0.25) is 4.79 Å². The third-order valence-electron chi connectivity index (χ3n) is 4.01. The molecule has 1 aromatic rings. The molecule has 1 heterocycles. The molecule has 2 rings (SSSR count). The molecule has 0 amide bonds. The smallest absolute Gasteiger partial charge is 0.309 e. The minimum Gasteiger partial charge on any atom is -0.481 e. The van der Waals surface area contributed by atoms with Crippen LogP contribution < -0.4 is 0 Å². The van der Waals surface area contributed by atoms with E-state index in [1.165, 1.54) is 38.5 Å². The molecule has 0 aromatic carbocycles. The second-order valence-corrected chi connectivity index (χ2v) is 5.34. The number of aliphatic carboxylic acids is 1. The van der Waals surface area contributed by atoms with E-state index in [9.17, 15) is 4.79 Å². The third kappa shape index (κ3) is 3.34. The molecule has 0 bridgehead atoms. The van der Waals surface area contributed by atoms with Crippen molar-refractivity contribution in [3.63, 3.8) is 0 Å². The maximum Gasteiger partial charge on any atom is 0.309 e. The van der Waals surface area contributed by atoms with Gasteiger partial charge < -0.3 is 9.67 Å². The summed E-state index contributed by atoms with van der Waals surface area (Å²) in [5, 5.41) is 8.79. The van der Waals surface area contributed by atoms with Crippen molar-refractivity contribution in [2.45, 2.75) is 51.4 Å². The molecule has 100 valence electrons. The van der Waals surface area contributed by atoms with Crippen LogP contribution in [0.15, 0.2) is 6.20 Å². The van der Waals surface area contributed by atoms with Gasteiger partial charge in [0.2, 0.25) is 0 Å². The Morgan fingerprint density at radius 3 is 2.83 bits per heavy atom. The normalized spacial score (nSPS) is 16.9. The average Bonchev–Trinajstić information content (AvgIpc) is 2.69. The molecular weight excluding hydrogens is 228 g/mol. The highest BCUT2D eigenvalue weighted by atomic mass is 16.4. The van der Waals surface area contributed by atoms with Crippen LogP contribution in [0.5, 0.6) is 0 Å². The number of hydrogen-bond acceptors (Lipinski definition) is 2. The Hall–Kier alpha value is -1.32. The van der Waals surface area contributed by atoms with E-state index in [-0.39, 0.29) is 6.42 Å². The first-order chi connectivity index (χ1) is 8.66. The molecule has 0 saturated heterocycles. The van der Waals surface area contributed by atoms with Gasteiger partial charge in [0.25, 0.3) is 0 Å². The molecule has 0 spiro atoms. The molecule has 0 radical (unpaired) electrons. The summed E-state index contributed by atoms with van der Waals surface area (Å²) in [4.78, 5) is 15.0. The van der Waals surface area contributed by atoms with Crippen molar-refractivity contribution in [2.75, 3.05) is 0 Å². The van der Waals surface area contributed by atoms with Crippen molar-refractivity contribution in [1.29, 1.82) is 0 Å². The van der Waals surface area contributed by atoms with Crippen molar-refractivity contribution in [2.24, 2.45) is 13.0 Å². The Morgan fingerprint density at radius 1 is 1.44 bits per heavy atom. The quantitative estimate of drug-likeness (QED) is 0.873. The molecule has 1 aliphatic carbocycles. The molecular formula is C14H22N2O2. The highest BCUT2D eigenvalue weighted by Crippen LogP contribution is 2.27. The van der Waals surface area contributed by atoms with Crippen LogP contribution >= 0.6 is 0 Å². The Bertz CT molecular complexity index is 406. The maximum absolute atomic E-state index is 10.7. The predicted octanol–water partition coefficient (Wildman–Crippen LogP) is 2.56. The molecule has 18 heavy (non-hydrogen) atoms. The number of aryl methyl sites for hydroxylation is 1. The SMILES string of the molecule is Cn1c(CC(=O)O)cnc1CCC1CCCCC1. The number of carboxylic acid groups (broad SMARTS) is 1. The molecule has 0 unspecified atom stereocenters. The van der Waals surface area contributed by atoms with E-state index in [0.717, 1.165) is 23.9 Å². The van der Waals surface area contributed by atoms with Crippen LogP contribution in [0.4, 0.5) is 0 Å². The first kappa shape index (κ1) is 13.1. The average molecular weight is 250 g/mol. The van der Waals surface area contributed by atoms with Crippen molar-refractivity contribution >= 4 is 5.97 Å². The van der Waals surface area contributed by atoms with Gasteiger partial charge in [-0.1, -0.05) is 32.1 Å². The zero-order valence-electron chi connectivity index (χ0n) is 11.1. The van der Waals surface area contributed by atoms with Crippen molar-refractivity contribution < 1.29 is 9.90 Å². The van der Waals surface area contributed by atoms with Gasteiger partial charge in [-0.15, -0.1) is 0 Å². The highest BCUT2D eigenvalue weighted by molar-refractivity contribution is 5.69. The van der Waals surface area contributed by atoms with Gasteiger partial charge in [0.15, 0.2) is 0 Å². The predicted molar refractivity (Wildman–Crippen MR) is 69.4 cm³/mol. The summed E-state index contributed by atoms with van der Waals surface area (Å²) >= 11 is 0. The van der Waals surface area contributed by atoms with E-state index in [1.54, 1.807) is 6.20 Å². The molecule has 1 saturated carbocycles. The number of aromatic nitrogens is 2. The molecule has 1 N–H and O–H groups in total. The minimum atomic E-state index is -0.795. The fourth-order valence-corrected chi connectivity index (χ4v) is 2.85. The molecule has 0 atom stereocenters.